The van der Waals surface area contributed by atoms with Crippen molar-refractivity contribution < 1.29 is 18.5 Å². The second-order valence-electron chi connectivity index (χ2n) is 7.63. The number of anilines is 1. The predicted molar refractivity (Wildman–Crippen MR) is 114 cm³/mol. The van der Waals surface area contributed by atoms with Crippen LogP contribution in [0.15, 0.2) is 53.4 Å². The molecule has 1 fully saturated rings. The maximum atomic E-state index is 12.9. The van der Waals surface area contributed by atoms with Crippen LogP contribution < -0.4 is 10.6 Å². The normalized spacial score (nSPS) is 16.3. The van der Waals surface area contributed by atoms with E-state index in [1.807, 2.05) is 42.6 Å². The lowest BCUT2D eigenvalue weighted by molar-refractivity contribution is -0.682. The van der Waals surface area contributed by atoms with Gasteiger partial charge in [0.25, 0.3) is 5.91 Å². The van der Waals surface area contributed by atoms with Gasteiger partial charge in [-0.05, 0) is 44.4 Å². The summed E-state index contributed by atoms with van der Waals surface area (Å²) in [4.78, 5) is 12.7. The third-order valence-corrected chi connectivity index (χ3v) is 7.31. The summed E-state index contributed by atoms with van der Waals surface area (Å²) in [5.41, 5.74) is 2.55. The van der Waals surface area contributed by atoms with E-state index in [9.17, 15) is 13.2 Å². The van der Waals surface area contributed by atoms with Gasteiger partial charge in [-0.25, -0.2) is 8.42 Å². The molecule has 2 aromatic rings. The molecular weight excluding hydrogens is 386 g/mol. The van der Waals surface area contributed by atoms with Crippen LogP contribution in [0.1, 0.15) is 43.4 Å². The molecule has 29 heavy (non-hydrogen) atoms. The first-order chi connectivity index (χ1) is 13.9. The van der Waals surface area contributed by atoms with Crippen molar-refractivity contribution in [3.05, 3.63) is 59.7 Å². The zero-order chi connectivity index (χ0) is 20.9. The van der Waals surface area contributed by atoms with Crippen molar-refractivity contribution in [2.24, 2.45) is 0 Å². The quantitative estimate of drug-likeness (QED) is 0.727. The summed E-state index contributed by atoms with van der Waals surface area (Å²) < 4.78 is 27.4. The standard InChI is InChI=1S/C22H29N3O3S/c1-17-11-12-20(29(27,28)25-13-7-4-8-14-25)15-21(17)24-22(26)16-23-18(2)19-9-5-3-6-10-19/h3,5-6,9-12,15,18,23H,4,7-8,13-14,16H2,1-2H3,(H,24,26)/p+1/t18-/m1/s1. The average Bonchev–Trinajstić information content (AvgIpc) is 2.74. The van der Waals surface area contributed by atoms with E-state index in [0.717, 1.165) is 30.4 Å². The highest BCUT2D eigenvalue weighted by atomic mass is 32.2. The van der Waals surface area contributed by atoms with Crippen molar-refractivity contribution in [3.8, 4) is 0 Å². The van der Waals surface area contributed by atoms with Gasteiger partial charge < -0.3 is 10.6 Å². The Kier molecular flexibility index (Phi) is 7.05. The van der Waals surface area contributed by atoms with Gasteiger partial charge in [-0.1, -0.05) is 42.8 Å². The highest BCUT2D eigenvalue weighted by Crippen LogP contribution is 2.25. The molecule has 0 unspecified atom stereocenters. The van der Waals surface area contributed by atoms with Gasteiger partial charge in [-0.15, -0.1) is 0 Å². The van der Waals surface area contributed by atoms with Crippen LogP contribution in [0.2, 0.25) is 0 Å². The summed E-state index contributed by atoms with van der Waals surface area (Å²) in [6, 6.07) is 15.1. The van der Waals surface area contributed by atoms with E-state index in [0.29, 0.717) is 18.8 Å². The van der Waals surface area contributed by atoms with E-state index in [-0.39, 0.29) is 23.4 Å². The molecule has 0 radical (unpaired) electrons. The molecule has 0 bridgehead atoms. The van der Waals surface area contributed by atoms with Crippen molar-refractivity contribution in [2.45, 2.75) is 44.0 Å². The number of carbonyl (C=O) groups is 1. The van der Waals surface area contributed by atoms with Gasteiger partial charge in [-0.2, -0.15) is 4.31 Å². The van der Waals surface area contributed by atoms with Gasteiger partial charge in [0, 0.05) is 24.3 Å². The van der Waals surface area contributed by atoms with E-state index >= 15 is 0 Å². The van der Waals surface area contributed by atoms with Crippen LogP contribution in [-0.4, -0.2) is 38.3 Å². The van der Waals surface area contributed by atoms with E-state index in [4.69, 9.17) is 0 Å². The topological polar surface area (TPSA) is 83.1 Å². The first-order valence-electron chi connectivity index (χ1n) is 10.2. The zero-order valence-corrected chi connectivity index (χ0v) is 17.9. The van der Waals surface area contributed by atoms with Crippen LogP contribution in [0.4, 0.5) is 5.69 Å². The second-order valence-corrected chi connectivity index (χ2v) is 9.57. The number of hydrogen-bond acceptors (Lipinski definition) is 3. The molecule has 3 N–H and O–H groups in total. The number of nitrogens with two attached hydrogens (primary N) is 1. The zero-order valence-electron chi connectivity index (χ0n) is 17.1. The minimum absolute atomic E-state index is 0.150. The summed E-state index contributed by atoms with van der Waals surface area (Å²) in [5.74, 6) is -0.150. The molecule has 1 amide bonds. The van der Waals surface area contributed by atoms with E-state index in [1.54, 1.807) is 22.5 Å². The van der Waals surface area contributed by atoms with E-state index < -0.39 is 10.0 Å². The fourth-order valence-electron chi connectivity index (χ4n) is 3.53. The van der Waals surface area contributed by atoms with Gasteiger partial charge in [0.1, 0.15) is 6.04 Å². The molecule has 6 nitrogen and oxygen atoms in total. The number of hydrogen-bond donors (Lipinski definition) is 2. The van der Waals surface area contributed by atoms with Crippen LogP contribution in [0.25, 0.3) is 0 Å². The number of sulfonamides is 1. The number of nitrogens with zero attached hydrogens (tertiary/aromatic N) is 1. The van der Waals surface area contributed by atoms with Crippen LogP contribution >= 0.6 is 0 Å². The Morgan fingerprint density at radius 3 is 2.48 bits per heavy atom. The number of carbonyl (C=O) groups excluding carboxylic acids is 1. The Morgan fingerprint density at radius 2 is 1.79 bits per heavy atom. The van der Waals surface area contributed by atoms with Crippen molar-refractivity contribution in [2.75, 3.05) is 25.0 Å². The molecule has 0 aromatic heterocycles. The Balaban J connectivity index is 1.66. The lowest BCUT2D eigenvalue weighted by Gasteiger charge is -2.26. The minimum atomic E-state index is -3.52. The largest absolute Gasteiger partial charge is 0.333 e. The van der Waals surface area contributed by atoms with Crippen molar-refractivity contribution in [1.82, 2.24) is 4.31 Å². The molecule has 1 aliphatic rings. The first-order valence-corrected chi connectivity index (χ1v) is 11.6. The van der Waals surface area contributed by atoms with Crippen molar-refractivity contribution in [3.63, 3.8) is 0 Å². The molecule has 2 aromatic carbocycles. The monoisotopic (exact) mass is 416 g/mol. The predicted octanol–water partition coefficient (Wildman–Crippen LogP) is 2.43. The molecule has 0 saturated carbocycles. The summed E-state index contributed by atoms with van der Waals surface area (Å²) in [5, 5.41) is 4.85. The highest BCUT2D eigenvalue weighted by molar-refractivity contribution is 7.89. The number of quaternary nitrogens is 1. The number of piperidine rings is 1. The summed E-state index contributed by atoms with van der Waals surface area (Å²) in [6.07, 6.45) is 2.85. The number of amides is 1. The molecule has 3 rings (SSSR count). The van der Waals surface area contributed by atoms with Crippen molar-refractivity contribution in [1.29, 1.82) is 0 Å². The SMILES string of the molecule is Cc1ccc(S(=O)(=O)N2CCCCC2)cc1NC(=O)C[NH2+][C@H](C)c1ccccc1. The molecule has 1 saturated heterocycles. The Hall–Kier alpha value is -2.22. The van der Waals surface area contributed by atoms with Crippen molar-refractivity contribution >= 4 is 21.6 Å². The van der Waals surface area contributed by atoms with Gasteiger partial charge in [0.15, 0.2) is 6.54 Å². The third-order valence-electron chi connectivity index (χ3n) is 5.42. The fraction of sp³-hybridized carbons (Fsp3) is 0.409. The molecule has 0 aliphatic carbocycles. The fourth-order valence-corrected chi connectivity index (χ4v) is 5.07. The Labute approximate surface area is 173 Å². The lowest BCUT2D eigenvalue weighted by atomic mass is 10.1. The highest BCUT2D eigenvalue weighted by Gasteiger charge is 2.26. The second kappa shape index (κ2) is 9.52. The smallest absolute Gasteiger partial charge is 0.279 e. The van der Waals surface area contributed by atoms with Gasteiger partial charge in [0.05, 0.1) is 4.90 Å². The minimum Gasteiger partial charge on any atom is -0.333 e. The molecule has 7 heteroatoms. The van der Waals surface area contributed by atoms with Crippen LogP contribution in [0.5, 0.6) is 0 Å². The van der Waals surface area contributed by atoms with Crippen LogP contribution in [0.3, 0.4) is 0 Å². The van der Waals surface area contributed by atoms with E-state index in [2.05, 4.69) is 12.2 Å². The number of nitrogens with one attached hydrogen (secondary N) is 1. The van der Waals surface area contributed by atoms with E-state index in [1.165, 1.54) is 0 Å². The van der Waals surface area contributed by atoms with Crippen LogP contribution in [-0.2, 0) is 14.8 Å². The average molecular weight is 417 g/mol. The molecular formula is C22H30N3O3S+. The van der Waals surface area contributed by atoms with Gasteiger partial charge in [0.2, 0.25) is 10.0 Å². The number of benzene rings is 2. The maximum Gasteiger partial charge on any atom is 0.279 e. The molecule has 1 atom stereocenters. The summed E-state index contributed by atoms with van der Waals surface area (Å²) >= 11 is 0. The summed E-state index contributed by atoms with van der Waals surface area (Å²) in [6.45, 7) is 5.30. The Morgan fingerprint density at radius 1 is 1.10 bits per heavy atom. The molecule has 0 spiro atoms. The van der Waals surface area contributed by atoms with Crippen LogP contribution in [0, 0.1) is 6.92 Å². The Bertz CT molecular complexity index is 939. The number of aryl methyl sites for hydroxylation is 1. The molecule has 1 heterocycles. The van der Waals surface area contributed by atoms with Gasteiger partial charge >= 0.3 is 0 Å². The summed E-state index contributed by atoms with van der Waals surface area (Å²) in [7, 11) is -3.52. The third kappa shape index (κ3) is 5.44. The molecule has 156 valence electrons. The maximum absolute atomic E-state index is 12.9. The molecule has 1 aliphatic heterocycles. The first kappa shape index (κ1) is 21.5. The van der Waals surface area contributed by atoms with Gasteiger partial charge in [-0.3, -0.25) is 4.79 Å². The lowest BCUT2D eigenvalue weighted by Crippen LogP contribution is -2.86. The number of rotatable bonds is 7.